The summed E-state index contributed by atoms with van der Waals surface area (Å²) in [5.41, 5.74) is 7.38. The van der Waals surface area contributed by atoms with E-state index >= 15 is 0 Å². The third-order valence-electron chi connectivity index (χ3n) is 3.26. The van der Waals surface area contributed by atoms with Gasteiger partial charge in [0.05, 0.1) is 17.9 Å². The quantitative estimate of drug-likeness (QED) is 0.718. The van der Waals surface area contributed by atoms with Crippen LogP contribution in [0.1, 0.15) is 19.9 Å². The number of rotatable bonds is 2. The molecule has 0 aromatic carbocycles. The van der Waals surface area contributed by atoms with Crippen LogP contribution >= 0.6 is 15.9 Å². The Balaban J connectivity index is 2.36. The number of nitrogens with two attached hydrogens (primary N) is 1. The number of fused-ring (bicyclic) bond motifs is 1. The Labute approximate surface area is 129 Å². The van der Waals surface area contributed by atoms with Crippen molar-refractivity contribution >= 4 is 32.8 Å². The van der Waals surface area contributed by atoms with Gasteiger partial charge in [0.1, 0.15) is 10.3 Å². The van der Waals surface area contributed by atoms with E-state index in [-0.39, 0.29) is 17.7 Å². The monoisotopic (exact) mass is 349 g/mol. The second-order valence-corrected chi connectivity index (χ2v) is 5.81. The smallest absolute Gasteiger partial charge is 0.220 e. The van der Waals surface area contributed by atoms with E-state index in [0.29, 0.717) is 10.2 Å². The van der Waals surface area contributed by atoms with Crippen LogP contribution in [0, 0.1) is 5.82 Å². The van der Waals surface area contributed by atoms with Crippen molar-refractivity contribution in [2.24, 2.45) is 0 Å². The zero-order valence-corrected chi connectivity index (χ0v) is 13.1. The average molecular weight is 350 g/mol. The lowest BCUT2D eigenvalue weighted by atomic mass is 10.1. The fourth-order valence-corrected chi connectivity index (χ4v) is 2.64. The van der Waals surface area contributed by atoms with Crippen LogP contribution in [0.2, 0.25) is 0 Å². The number of pyridine rings is 1. The van der Waals surface area contributed by atoms with Gasteiger partial charge >= 0.3 is 0 Å². The molecule has 0 spiro atoms. The molecule has 0 unspecified atom stereocenters. The molecule has 0 atom stereocenters. The van der Waals surface area contributed by atoms with Crippen LogP contribution in [-0.2, 0) is 0 Å². The van der Waals surface area contributed by atoms with Crippen LogP contribution in [0.3, 0.4) is 0 Å². The standard InChI is InChI=1S/C14H13BrFN5/c1-7(2)21-6-9(8-3-12(15)18-5-11(8)21)13-10(16)4-19-14(17)20-13/h3-7H,1-2H3,(H2,17,19,20). The van der Waals surface area contributed by atoms with Gasteiger partial charge in [0, 0.05) is 23.2 Å². The highest BCUT2D eigenvalue weighted by molar-refractivity contribution is 9.10. The molecule has 2 N–H and O–H groups in total. The average Bonchev–Trinajstić information content (AvgIpc) is 2.80. The van der Waals surface area contributed by atoms with Gasteiger partial charge in [-0.2, -0.15) is 0 Å². The topological polar surface area (TPSA) is 69.6 Å². The number of anilines is 1. The minimum absolute atomic E-state index is 0.0463. The summed E-state index contributed by atoms with van der Waals surface area (Å²) in [5, 5.41) is 0.863. The minimum atomic E-state index is -0.500. The molecule has 5 nitrogen and oxygen atoms in total. The van der Waals surface area contributed by atoms with Crippen LogP contribution in [0.5, 0.6) is 0 Å². The summed E-state index contributed by atoms with van der Waals surface area (Å²) in [6.45, 7) is 4.10. The molecule has 108 valence electrons. The molecule has 3 aromatic rings. The summed E-state index contributed by atoms with van der Waals surface area (Å²) in [6.07, 6.45) is 4.71. The first-order valence-electron chi connectivity index (χ1n) is 6.42. The second kappa shape index (κ2) is 5.07. The van der Waals surface area contributed by atoms with Crippen molar-refractivity contribution in [3.8, 4) is 11.3 Å². The molecule has 0 bridgehead atoms. The number of hydrogen-bond acceptors (Lipinski definition) is 4. The van der Waals surface area contributed by atoms with Gasteiger partial charge in [0.25, 0.3) is 0 Å². The highest BCUT2D eigenvalue weighted by atomic mass is 79.9. The Kier molecular flexibility index (Phi) is 3.36. The number of hydrogen-bond donors (Lipinski definition) is 1. The van der Waals surface area contributed by atoms with Crippen molar-refractivity contribution < 1.29 is 4.39 Å². The largest absolute Gasteiger partial charge is 0.368 e. The fraction of sp³-hybridized carbons (Fsp3) is 0.214. The van der Waals surface area contributed by atoms with Gasteiger partial charge in [-0.15, -0.1) is 0 Å². The number of aromatic nitrogens is 4. The predicted molar refractivity (Wildman–Crippen MR) is 83.2 cm³/mol. The highest BCUT2D eigenvalue weighted by Gasteiger charge is 2.17. The van der Waals surface area contributed by atoms with Gasteiger partial charge in [-0.05, 0) is 35.8 Å². The summed E-state index contributed by atoms with van der Waals surface area (Å²) >= 11 is 3.35. The Bertz CT molecular complexity index is 828. The Hall–Kier alpha value is -2.02. The molecule has 0 radical (unpaired) electrons. The summed E-state index contributed by atoms with van der Waals surface area (Å²) in [6, 6.07) is 2.06. The molecule has 0 aliphatic heterocycles. The summed E-state index contributed by atoms with van der Waals surface area (Å²) < 4.78 is 16.8. The maximum absolute atomic E-state index is 14.1. The van der Waals surface area contributed by atoms with Crippen LogP contribution in [-0.4, -0.2) is 19.5 Å². The normalized spacial score (nSPS) is 11.5. The molecule has 21 heavy (non-hydrogen) atoms. The minimum Gasteiger partial charge on any atom is -0.368 e. The van der Waals surface area contributed by atoms with Gasteiger partial charge < -0.3 is 10.3 Å². The lowest BCUT2D eigenvalue weighted by Gasteiger charge is -2.08. The second-order valence-electron chi connectivity index (χ2n) is 4.99. The number of nitrogen functional groups attached to an aromatic ring is 1. The van der Waals surface area contributed by atoms with E-state index in [1.54, 1.807) is 6.20 Å². The van der Waals surface area contributed by atoms with Crippen molar-refractivity contribution in [2.75, 3.05) is 5.73 Å². The van der Waals surface area contributed by atoms with E-state index in [1.807, 2.05) is 16.8 Å². The number of halogens is 2. The molecule has 0 aliphatic rings. The summed E-state index contributed by atoms with van der Waals surface area (Å²) in [4.78, 5) is 11.9. The highest BCUT2D eigenvalue weighted by Crippen LogP contribution is 2.33. The van der Waals surface area contributed by atoms with Crippen molar-refractivity contribution in [3.05, 3.63) is 35.1 Å². The van der Waals surface area contributed by atoms with Gasteiger partial charge in [0.15, 0.2) is 5.82 Å². The molecule has 0 saturated heterocycles. The Morgan fingerprint density at radius 2 is 2.05 bits per heavy atom. The van der Waals surface area contributed by atoms with E-state index in [9.17, 15) is 4.39 Å². The van der Waals surface area contributed by atoms with Crippen LogP contribution in [0.4, 0.5) is 10.3 Å². The SMILES string of the molecule is CC(C)n1cc(-c2nc(N)ncc2F)c2cc(Br)ncc21. The molecule has 3 aromatic heterocycles. The molecule has 0 amide bonds. The summed E-state index contributed by atoms with van der Waals surface area (Å²) in [7, 11) is 0. The zero-order valence-electron chi connectivity index (χ0n) is 11.5. The van der Waals surface area contributed by atoms with Gasteiger partial charge in [-0.25, -0.2) is 19.3 Å². The molecule has 0 aliphatic carbocycles. The van der Waals surface area contributed by atoms with Crippen molar-refractivity contribution in [3.63, 3.8) is 0 Å². The van der Waals surface area contributed by atoms with E-state index < -0.39 is 5.82 Å². The van der Waals surface area contributed by atoms with Gasteiger partial charge in [0.2, 0.25) is 5.95 Å². The van der Waals surface area contributed by atoms with E-state index in [1.165, 1.54) is 0 Å². The van der Waals surface area contributed by atoms with Crippen molar-refractivity contribution in [1.82, 2.24) is 19.5 Å². The molecule has 0 fully saturated rings. The first-order valence-corrected chi connectivity index (χ1v) is 7.21. The first-order chi connectivity index (χ1) is 9.97. The lowest BCUT2D eigenvalue weighted by Crippen LogP contribution is -1.99. The maximum Gasteiger partial charge on any atom is 0.220 e. The van der Waals surface area contributed by atoms with Gasteiger partial charge in [-0.3, -0.25) is 0 Å². The fourth-order valence-electron chi connectivity index (χ4n) is 2.31. The molecule has 3 heterocycles. The third-order valence-corrected chi connectivity index (χ3v) is 3.69. The predicted octanol–water partition coefficient (Wildman–Crippen LogP) is 3.56. The molecule has 7 heteroatoms. The molecule has 3 rings (SSSR count). The van der Waals surface area contributed by atoms with E-state index in [4.69, 9.17) is 5.73 Å². The van der Waals surface area contributed by atoms with Crippen LogP contribution in [0.15, 0.2) is 29.3 Å². The van der Waals surface area contributed by atoms with E-state index in [0.717, 1.165) is 17.1 Å². The lowest BCUT2D eigenvalue weighted by molar-refractivity contribution is 0.615. The summed E-state index contributed by atoms with van der Waals surface area (Å²) in [5.74, 6) is -0.454. The zero-order chi connectivity index (χ0) is 15.1. The molecule has 0 saturated carbocycles. The maximum atomic E-state index is 14.1. The third kappa shape index (κ3) is 2.37. The van der Waals surface area contributed by atoms with Crippen molar-refractivity contribution in [2.45, 2.75) is 19.9 Å². The molecular formula is C14H13BrFN5. The Morgan fingerprint density at radius 3 is 2.76 bits per heavy atom. The van der Waals surface area contributed by atoms with Crippen molar-refractivity contribution in [1.29, 1.82) is 0 Å². The first kappa shape index (κ1) is 13.9. The Morgan fingerprint density at radius 1 is 1.29 bits per heavy atom. The molecular weight excluding hydrogens is 337 g/mol. The van der Waals surface area contributed by atoms with Crippen LogP contribution < -0.4 is 5.73 Å². The van der Waals surface area contributed by atoms with E-state index in [2.05, 4.69) is 44.7 Å². The number of nitrogens with zero attached hydrogens (tertiary/aromatic N) is 4. The van der Waals surface area contributed by atoms with Crippen LogP contribution in [0.25, 0.3) is 22.2 Å². The van der Waals surface area contributed by atoms with Gasteiger partial charge in [-0.1, -0.05) is 0 Å².